The third kappa shape index (κ3) is 972. The first kappa shape index (κ1) is 71.4. The van der Waals surface area contributed by atoms with Gasteiger partial charge >= 0.3 is 197 Å². The van der Waals surface area contributed by atoms with Gasteiger partial charge in [-0.3, -0.25) is 0 Å². The second kappa shape index (κ2) is 33.5. The molecule has 0 aromatic rings. The van der Waals surface area contributed by atoms with Crippen molar-refractivity contribution in [2.45, 2.75) is 0 Å². The van der Waals surface area contributed by atoms with Crippen molar-refractivity contribution in [1.29, 1.82) is 0 Å². The third-order valence-corrected chi connectivity index (χ3v) is 0. The van der Waals surface area contributed by atoms with Crippen molar-refractivity contribution in [2.75, 3.05) is 0 Å². The quantitative estimate of drug-likeness (QED) is 0.277. The minimum atomic E-state index is -5.88. The van der Waals surface area contributed by atoms with Crippen LogP contribution in [0.1, 0.15) is 0 Å². The van der Waals surface area contributed by atoms with E-state index in [0.717, 1.165) is 0 Å². The molecule has 0 unspecified atom stereocenters. The van der Waals surface area contributed by atoms with E-state index in [-0.39, 0.29) is 118 Å². The van der Waals surface area contributed by atoms with Crippen molar-refractivity contribution in [3.05, 3.63) is 0 Å². The molecule has 0 amide bonds. The fourth-order valence-electron chi connectivity index (χ4n) is 0. The predicted octanol–water partition coefficient (Wildman–Crippen LogP) is -28.3. The summed E-state index contributed by atoms with van der Waals surface area (Å²) in [5.74, 6) is 0. The molecule has 0 heterocycles. The van der Waals surface area contributed by atoms with E-state index in [1.807, 2.05) is 0 Å². The van der Waals surface area contributed by atoms with E-state index in [9.17, 15) is 0 Å². The van der Waals surface area contributed by atoms with Crippen LogP contribution in [-0.4, -0.2) is 73.9 Å². The van der Waals surface area contributed by atoms with E-state index < -0.39 is 43.5 Å². The predicted molar refractivity (Wildman–Crippen MR) is 36.6 cm³/mol. The molecule has 23 heteroatoms. The van der Waals surface area contributed by atoms with Gasteiger partial charge in [-0.2, -0.15) is 0 Å². The van der Waals surface area contributed by atoms with E-state index in [4.69, 9.17) is 48.1 Å². The zero-order valence-corrected chi connectivity index (χ0v) is 19.1. The Labute approximate surface area is 207 Å². The topological polar surface area (TPSA) is 259 Å². The van der Waals surface area contributed by atoms with Gasteiger partial charge in [0.1, 0.15) is 0 Å². The van der Waals surface area contributed by atoms with Crippen LogP contribution in [0.2, 0.25) is 0 Å². The standard InChI is InChI=1S/3AsH3O4.3Be.ClH.4Li/c3*2-1(3,4)5;;;;;;;;/h3*(H3,2,3,4,5);;;;1H;;;;/q;;;3*+2;;4*+1/p-10. The summed E-state index contributed by atoms with van der Waals surface area (Å²) < 4.78 is 103. The van der Waals surface area contributed by atoms with Gasteiger partial charge in [-0.15, -0.1) is 0 Å². The first-order valence-electron chi connectivity index (χ1n) is 2.19. The van der Waals surface area contributed by atoms with Crippen LogP contribution >= 0.6 is 0 Å². The number of hydrogen-bond donors (Lipinski definition) is 0. The van der Waals surface area contributed by atoms with Crippen molar-refractivity contribution < 1.29 is 136 Å². The van der Waals surface area contributed by atoms with Crippen LogP contribution in [0.15, 0.2) is 0 Å². The van der Waals surface area contributed by atoms with Crippen LogP contribution in [0.5, 0.6) is 0 Å². The average Bonchev–Trinajstić information content (AvgIpc) is 1.41. The molecular weight excluding hydrogens is 507 g/mol. The summed E-state index contributed by atoms with van der Waals surface area (Å²) in [6.45, 7) is 0. The van der Waals surface area contributed by atoms with Crippen LogP contribution in [0, 0.1) is 0 Å². The molecule has 0 fully saturated rings. The van der Waals surface area contributed by atoms with Crippen LogP contribution in [0.25, 0.3) is 0 Å². The molecule has 0 bridgehead atoms. The Bertz CT molecular complexity index is 230. The van der Waals surface area contributed by atoms with Gasteiger partial charge in [0, 0.05) is 0 Å². The van der Waals surface area contributed by atoms with Crippen molar-refractivity contribution in [1.82, 2.24) is 0 Å². The molecule has 12 nitrogen and oxygen atoms in total. The minimum Gasteiger partial charge on any atom is -1.00 e. The van der Waals surface area contributed by atoms with Gasteiger partial charge in [-0.05, 0) is 0 Å². The smallest absolute Gasteiger partial charge is 1.00 e. The molecule has 0 aliphatic rings. The summed E-state index contributed by atoms with van der Waals surface area (Å²) in [6, 6.07) is 0. The van der Waals surface area contributed by atoms with Crippen molar-refractivity contribution in [3.8, 4) is 0 Å². The average molecular weight is 507 g/mol. The first-order chi connectivity index (χ1) is 6.00. The molecule has 0 rings (SSSR count). The van der Waals surface area contributed by atoms with Gasteiger partial charge in [0.25, 0.3) is 0 Å². The summed E-state index contributed by atoms with van der Waals surface area (Å²) in [6.07, 6.45) is 0. The minimum absolute atomic E-state index is 0. The Hall–Kier alpha value is 3.90. The van der Waals surface area contributed by atoms with Gasteiger partial charge in [0.2, 0.25) is 0 Å². The van der Waals surface area contributed by atoms with E-state index >= 15 is 0 Å². The maximum atomic E-state index is 8.61. The molecule has 0 aromatic carbocycles. The van der Waals surface area contributed by atoms with E-state index in [1.165, 1.54) is 0 Å². The number of halogens is 1. The van der Waals surface area contributed by atoms with Crippen LogP contribution in [-0.2, 0) is 11.2 Å². The maximum absolute atomic E-state index is 8.61. The molecule has 0 saturated carbocycles. The summed E-state index contributed by atoms with van der Waals surface area (Å²) in [7, 11) is 0. The van der Waals surface area contributed by atoms with Crippen molar-refractivity contribution in [2.24, 2.45) is 0 Å². The Morgan fingerprint density at radius 1 is 0.391 bits per heavy atom. The monoisotopic (exact) mass is 507 g/mol. The van der Waals surface area contributed by atoms with E-state index in [2.05, 4.69) is 0 Å². The zero-order valence-electron chi connectivity index (χ0n) is 12.7. The van der Waals surface area contributed by atoms with Crippen molar-refractivity contribution >= 4 is 73.9 Å². The number of hydrogen-bond acceptors (Lipinski definition) is 12. The normalized spacial score (nSPS) is 7.70. The molecule has 0 radical (unpaired) electrons. The summed E-state index contributed by atoms with van der Waals surface area (Å²) >= 11 is -17.6. The Balaban J connectivity index is -0.00000000889. The zero-order chi connectivity index (χ0) is 13.5. The van der Waals surface area contributed by atoms with E-state index in [1.54, 1.807) is 0 Å². The fraction of sp³-hybridized carbons (Fsp3) is 0. The van der Waals surface area contributed by atoms with E-state index in [0.29, 0.717) is 0 Å². The van der Waals surface area contributed by atoms with Gasteiger partial charge in [-0.1, -0.05) is 0 Å². The van der Waals surface area contributed by atoms with Crippen LogP contribution < -0.4 is 125 Å². The largest absolute Gasteiger partial charge is 2.00 e. The molecule has 0 aromatic heterocycles. The van der Waals surface area contributed by atoms with Gasteiger partial charge in [0.05, 0.1) is 0 Å². The molecule has 23 heavy (non-hydrogen) atoms. The molecule has 0 N–H and O–H groups in total. The van der Waals surface area contributed by atoms with Gasteiger partial charge in [0.15, 0.2) is 0 Å². The summed E-state index contributed by atoms with van der Waals surface area (Å²) in [5.41, 5.74) is 0. The second-order valence-electron chi connectivity index (χ2n) is 1.34. The molecule has 0 aliphatic carbocycles. The first-order valence-corrected chi connectivity index (χ1v) is 11.4. The van der Waals surface area contributed by atoms with Crippen LogP contribution in [0.3, 0.4) is 0 Å². The Morgan fingerprint density at radius 3 is 0.391 bits per heavy atom. The molecule has 0 aliphatic heterocycles. The second-order valence-corrected chi connectivity index (χ2v) is 6.97. The molecule has 0 saturated heterocycles. The Kier molecular flexibility index (Phi) is 104. The van der Waals surface area contributed by atoms with Gasteiger partial charge in [-0.25, -0.2) is 0 Å². The SMILES string of the molecule is O=[As]([O-])([O-])[O-].O=[As]([O-])([O-])[O-].O=[As]([O-])([O-])[O-].[Be+2].[Be+2].[Be+2].[Cl-].[Li+].[Li+].[Li+].[Li+]. The molecule has 0 spiro atoms. The summed E-state index contributed by atoms with van der Waals surface area (Å²) in [4.78, 5) is 0. The fourth-order valence-corrected chi connectivity index (χ4v) is 0. The Morgan fingerprint density at radius 2 is 0.391 bits per heavy atom. The van der Waals surface area contributed by atoms with Crippen molar-refractivity contribution in [3.63, 3.8) is 0 Å². The summed E-state index contributed by atoms with van der Waals surface area (Å²) in [5, 5.41) is 0. The molecule has 104 valence electrons. The number of rotatable bonds is 0. The molecular formula is As3Be3ClLi4O12. The molecule has 0 atom stereocenters. The maximum Gasteiger partial charge on any atom is 2.00 e. The van der Waals surface area contributed by atoms with Gasteiger partial charge < -0.3 is 12.4 Å². The third-order valence-electron chi connectivity index (χ3n) is 0. The van der Waals surface area contributed by atoms with Crippen LogP contribution in [0.4, 0.5) is 0 Å².